The molecular weight excluding hydrogens is 310 g/mol. The van der Waals surface area contributed by atoms with Crippen molar-refractivity contribution in [3.8, 4) is 0 Å². The molecule has 0 aliphatic carbocycles. The van der Waals surface area contributed by atoms with Gasteiger partial charge in [0.1, 0.15) is 23.5 Å². The second-order valence-corrected chi connectivity index (χ2v) is 3.38. The summed E-state index contributed by atoms with van der Waals surface area (Å²) < 4.78 is 100.0. The molecule has 0 unspecified atom stereocenters. The maximum Gasteiger partial charge on any atom is 0.455 e. The molecule has 1 atom stereocenters. The van der Waals surface area contributed by atoms with Gasteiger partial charge in [-0.2, -0.15) is 22.0 Å². The number of hydrogen-bond acceptors (Lipinski definition) is 1. The Morgan fingerprint density at radius 1 is 0.895 bits per heavy atom. The monoisotopic (exact) mass is 315 g/mol. The molecule has 0 aromatic heterocycles. The Kier molecular flexibility index (Phi) is 5.18. The fourth-order valence-corrected chi connectivity index (χ4v) is 1.21. The maximum atomic E-state index is 13.0. The predicted octanol–water partition coefficient (Wildman–Crippen LogP) is 3.72. The highest BCUT2D eigenvalue weighted by atomic mass is 35.5. The second kappa shape index (κ2) is 5.49. The molecule has 19 heavy (non-hydrogen) atoms. The first-order valence-electron chi connectivity index (χ1n) is 4.33. The van der Waals surface area contributed by atoms with Gasteiger partial charge in [0.2, 0.25) is 0 Å². The predicted molar refractivity (Wildman–Crippen MR) is 51.5 cm³/mol. The molecule has 1 aromatic carbocycles. The van der Waals surface area contributed by atoms with E-state index >= 15 is 0 Å². The summed E-state index contributed by atoms with van der Waals surface area (Å²) in [6.07, 6.45) is -6.08. The lowest BCUT2D eigenvalue weighted by atomic mass is 9.99. The molecule has 0 fully saturated rings. The van der Waals surface area contributed by atoms with E-state index in [1.54, 1.807) is 0 Å². The van der Waals surface area contributed by atoms with Crippen molar-refractivity contribution in [1.29, 1.82) is 0 Å². The van der Waals surface area contributed by atoms with Gasteiger partial charge in [-0.05, 0) is 0 Å². The van der Waals surface area contributed by atoms with Gasteiger partial charge in [-0.3, -0.25) is 0 Å². The Morgan fingerprint density at radius 2 is 1.26 bits per heavy atom. The normalized spacial score (nSPS) is 13.9. The lowest BCUT2D eigenvalue weighted by Crippen LogP contribution is -2.46. The van der Waals surface area contributed by atoms with E-state index < -0.39 is 41.2 Å². The molecular formula is C9H6ClF8N. The average molecular weight is 316 g/mol. The minimum Gasteiger partial charge on any atom is -0.319 e. The van der Waals surface area contributed by atoms with Crippen molar-refractivity contribution in [3.63, 3.8) is 0 Å². The van der Waals surface area contributed by atoms with Crippen LogP contribution in [0.15, 0.2) is 12.1 Å². The largest absolute Gasteiger partial charge is 0.455 e. The van der Waals surface area contributed by atoms with Crippen LogP contribution in [-0.4, -0.2) is 12.1 Å². The highest BCUT2D eigenvalue weighted by molar-refractivity contribution is 5.85. The molecule has 0 heterocycles. The molecule has 0 bridgehead atoms. The zero-order chi connectivity index (χ0) is 14.3. The Hall–Kier alpha value is -1.09. The van der Waals surface area contributed by atoms with Crippen LogP contribution < -0.4 is 5.73 Å². The van der Waals surface area contributed by atoms with E-state index in [4.69, 9.17) is 0 Å². The van der Waals surface area contributed by atoms with Crippen molar-refractivity contribution in [3.05, 3.63) is 35.1 Å². The van der Waals surface area contributed by atoms with Crippen molar-refractivity contribution in [2.45, 2.75) is 18.1 Å². The van der Waals surface area contributed by atoms with Crippen LogP contribution in [0, 0.1) is 17.5 Å². The van der Waals surface area contributed by atoms with E-state index in [0.29, 0.717) is 0 Å². The van der Waals surface area contributed by atoms with Gasteiger partial charge >= 0.3 is 12.1 Å². The highest BCUT2D eigenvalue weighted by Crippen LogP contribution is 2.44. The average Bonchev–Trinajstić information content (AvgIpc) is 2.13. The van der Waals surface area contributed by atoms with E-state index in [1.807, 2.05) is 0 Å². The Balaban J connectivity index is 0.00000324. The van der Waals surface area contributed by atoms with Gasteiger partial charge in [-0.25, -0.2) is 13.2 Å². The van der Waals surface area contributed by atoms with Crippen molar-refractivity contribution in [2.75, 3.05) is 0 Å². The maximum absolute atomic E-state index is 13.0. The summed E-state index contributed by atoms with van der Waals surface area (Å²) in [6, 6.07) is -3.38. The molecule has 0 saturated heterocycles. The quantitative estimate of drug-likeness (QED) is 0.827. The lowest BCUT2D eigenvalue weighted by Gasteiger charge is -2.26. The molecule has 110 valence electrons. The number of hydrogen-bond donors (Lipinski definition) is 1. The molecule has 0 radical (unpaired) electrons. The van der Waals surface area contributed by atoms with Gasteiger partial charge in [0.25, 0.3) is 0 Å². The van der Waals surface area contributed by atoms with Crippen molar-refractivity contribution >= 4 is 12.4 Å². The molecule has 0 aliphatic rings. The molecule has 1 rings (SSSR count). The molecule has 0 amide bonds. The first kappa shape index (κ1) is 17.9. The third-order valence-electron chi connectivity index (χ3n) is 2.12. The Morgan fingerprint density at radius 3 is 1.58 bits per heavy atom. The molecule has 1 aromatic rings. The van der Waals surface area contributed by atoms with Crippen LogP contribution >= 0.6 is 12.4 Å². The van der Waals surface area contributed by atoms with Gasteiger partial charge in [0.05, 0.1) is 0 Å². The van der Waals surface area contributed by atoms with Gasteiger partial charge in [-0.15, -0.1) is 12.4 Å². The minimum absolute atomic E-state index is 0. The van der Waals surface area contributed by atoms with E-state index in [1.165, 1.54) is 0 Å². The summed E-state index contributed by atoms with van der Waals surface area (Å²) in [7, 11) is 0. The van der Waals surface area contributed by atoms with E-state index in [2.05, 4.69) is 5.73 Å². The minimum atomic E-state index is -6.08. The summed E-state index contributed by atoms with van der Waals surface area (Å²) >= 11 is 0. The Bertz CT molecular complexity index is 435. The molecule has 2 N–H and O–H groups in total. The Labute approximate surface area is 107 Å². The zero-order valence-electron chi connectivity index (χ0n) is 8.74. The molecule has 0 saturated carbocycles. The number of halogens is 9. The van der Waals surface area contributed by atoms with Crippen molar-refractivity contribution in [1.82, 2.24) is 0 Å². The lowest BCUT2D eigenvalue weighted by molar-refractivity contribution is -0.291. The zero-order valence-corrected chi connectivity index (χ0v) is 9.56. The van der Waals surface area contributed by atoms with E-state index in [0.717, 1.165) is 0 Å². The van der Waals surface area contributed by atoms with Gasteiger partial charge in [-0.1, -0.05) is 0 Å². The molecule has 10 heteroatoms. The van der Waals surface area contributed by atoms with E-state index in [9.17, 15) is 35.1 Å². The SMILES string of the molecule is Cl.N[C@@H](c1c(F)cc(F)cc1F)C(F)(F)C(F)(F)F. The van der Waals surface area contributed by atoms with Crippen molar-refractivity contribution < 1.29 is 35.1 Å². The first-order chi connectivity index (χ1) is 7.98. The summed E-state index contributed by atoms with van der Waals surface area (Å²) in [5.41, 5.74) is 2.81. The number of rotatable bonds is 2. The van der Waals surface area contributed by atoms with Crippen LogP contribution in [-0.2, 0) is 0 Å². The highest BCUT2D eigenvalue weighted by Gasteiger charge is 2.62. The fraction of sp³-hybridized carbons (Fsp3) is 0.333. The van der Waals surface area contributed by atoms with Crippen LogP contribution in [0.4, 0.5) is 35.1 Å². The van der Waals surface area contributed by atoms with Crippen molar-refractivity contribution in [2.24, 2.45) is 5.73 Å². The van der Waals surface area contributed by atoms with Crippen LogP contribution in [0.1, 0.15) is 11.6 Å². The standard InChI is InChI=1S/C9H5F8N.ClH/c10-3-1-4(11)6(5(12)2-3)7(18)8(13,14)9(15,16)17;/h1-2,7H,18H2;1H/t7-;/m0./s1. The third kappa shape index (κ3) is 3.27. The topological polar surface area (TPSA) is 26.0 Å². The fourth-order valence-electron chi connectivity index (χ4n) is 1.21. The number of alkyl halides is 5. The van der Waals surface area contributed by atoms with Crippen LogP contribution in [0.5, 0.6) is 0 Å². The summed E-state index contributed by atoms with van der Waals surface area (Å²) in [5.74, 6) is -10.8. The summed E-state index contributed by atoms with van der Waals surface area (Å²) in [6.45, 7) is 0. The van der Waals surface area contributed by atoms with E-state index in [-0.39, 0.29) is 24.5 Å². The van der Waals surface area contributed by atoms with Gasteiger partial charge < -0.3 is 5.73 Å². The third-order valence-corrected chi connectivity index (χ3v) is 2.12. The molecule has 0 aliphatic heterocycles. The van der Waals surface area contributed by atoms with Crippen LogP contribution in [0.2, 0.25) is 0 Å². The number of benzene rings is 1. The summed E-state index contributed by atoms with van der Waals surface area (Å²) in [4.78, 5) is 0. The van der Waals surface area contributed by atoms with Crippen LogP contribution in [0.25, 0.3) is 0 Å². The van der Waals surface area contributed by atoms with Crippen LogP contribution in [0.3, 0.4) is 0 Å². The van der Waals surface area contributed by atoms with Gasteiger partial charge in [0, 0.05) is 17.7 Å². The first-order valence-corrected chi connectivity index (χ1v) is 4.33. The number of nitrogens with two attached hydrogens (primary N) is 1. The summed E-state index contributed by atoms with van der Waals surface area (Å²) in [5, 5.41) is 0. The second-order valence-electron chi connectivity index (χ2n) is 3.38. The molecule has 0 spiro atoms. The molecule has 1 nitrogen and oxygen atoms in total. The van der Waals surface area contributed by atoms with Gasteiger partial charge in [0.15, 0.2) is 0 Å². The smallest absolute Gasteiger partial charge is 0.319 e.